The van der Waals surface area contributed by atoms with Gasteiger partial charge < -0.3 is 19.5 Å². The van der Waals surface area contributed by atoms with Gasteiger partial charge in [-0.3, -0.25) is 4.79 Å². The minimum Gasteiger partial charge on any atom is -0.495 e. The van der Waals surface area contributed by atoms with Gasteiger partial charge in [0.05, 0.1) is 12.8 Å². The molecule has 1 aliphatic heterocycles. The second kappa shape index (κ2) is 6.43. The first-order valence-electron chi connectivity index (χ1n) is 7.85. The minimum absolute atomic E-state index is 0.0989. The topological polar surface area (TPSA) is 56.8 Å². The Kier molecular flexibility index (Phi) is 4.34. The van der Waals surface area contributed by atoms with Crippen LogP contribution in [0, 0.1) is 0 Å². The average Bonchev–Trinajstić information content (AvgIpc) is 2.87. The van der Waals surface area contributed by atoms with Crippen molar-refractivity contribution in [1.82, 2.24) is 0 Å². The molecule has 0 unspecified atom stereocenters. The molecule has 1 aliphatic rings. The second-order valence-electron chi connectivity index (χ2n) is 6.32. The number of anilines is 1. The highest BCUT2D eigenvalue weighted by atomic mass is 16.5. The van der Waals surface area contributed by atoms with Crippen LogP contribution in [0.5, 0.6) is 17.2 Å². The normalized spacial score (nSPS) is 14.5. The van der Waals surface area contributed by atoms with Gasteiger partial charge in [0.1, 0.15) is 11.4 Å². The van der Waals surface area contributed by atoms with Crippen molar-refractivity contribution in [3.63, 3.8) is 0 Å². The fourth-order valence-electron chi connectivity index (χ4n) is 2.78. The van der Waals surface area contributed by atoms with Gasteiger partial charge in [0.25, 0.3) is 5.91 Å². The lowest BCUT2D eigenvalue weighted by atomic mass is 10.0. The van der Waals surface area contributed by atoms with E-state index in [1.165, 1.54) is 0 Å². The molecule has 2 aromatic carbocycles. The van der Waals surface area contributed by atoms with Crippen LogP contribution < -0.4 is 19.5 Å². The Labute approximate surface area is 141 Å². The van der Waals surface area contributed by atoms with E-state index in [-0.39, 0.29) is 18.1 Å². The first-order valence-corrected chi connectivity index (χ1v) is 7.85. The smallest absolute Gasteiger partial charge is 0.262 e. The fraction of sp³-hybridized carbons (Fsp3) is 0.316. The summed E-state index contributed by atoms with van der Waals surface area (Å²) < 4.78 is 16.8. The lowest BCUT2D eigenvalue weighted by Crippen LogP contribution is -2.25. The summed E-state index contributed by atoms with van der Waals surface area (Å²) in [5, 5.41) is 2.79. The summed E-state index contributed by atoms with van der Waals surface area (Å²) in [5.74, 6) is 1.67. The number of rotatable bonds is 5. The Morgan fingerprint density at radius 2 is 1.92 bits per heavy atom. The van der Waals surface area contributed by atoms with E-state index in [4.69, 9.17) is 14.2 Å². The zero-order valence-corrected chi connectivity index (χ0v) is 14.1. The molecule has 0 bridgehead atoms. The molecule has 0 atom stereocenters. The number of benzene rings is 2. The van der Waals surface area contributed by atoms with Gasteiger partial charge in [-0.15, -0.1) is 0 Å². The van der Waals surface area contributed by atoms with Gasteiger partial charge in [-0.2, -0.15) is 0 Å². The first-order chi connectivity index (χ1) is 11.5. The average molecular weight is 327 g/mol. The zero-order chi connectivity index (χ0) is 17.2. The quantitative estimate of drug-likeness (QED) is 0.914. The molecule has 1 amide bonds. The molecule has 2 aromatic rings. The van der Waals surface area contributed by atoms with Gasteiger partial charge >= 0.3 is 0 Å². The van der Waals surface area contributed by atoms with Crippen molar-refractivity contribution in [3.05, 3.63) is 48.0 Å². The highest BCUT2D eigenvalue weighted by Crippen LogP contribution is 2.41. The van der Waals surface area contributed by atoms with Crippen molar-refractivity contribution >= 4 is 11.6 Å². The van der Waals surface area contributed by atoms with Crippen molar-refractivity contribution in [1.29, 1.82) is 0 Å². The van der Waals surface area contributed by atoms with Gasteiger partial charge in [-0.25, -0.2) is 0 Å². The van der Waals surface area contributed by atoms with Crippen molar-refractivity contribution in [2.24, 2.45) is 0 Å². The summed E-state index contributed by atoms with van der Waals surface area (Å²) >= 11 is 0. The van der Waals surface area contributed by atoms with E-state index in [2.05, 4.69) is 5.32 Å². The lowest BCUT2D eigenvalue weighted by Gasteiger charge is -2.18. The summed E-state index contributed by atoms with van der Waals surface area (Å²) in [5.41, 5.74) is 1.47. The van der Waals surface area contributed by atoms with Crippen LogP contribution in [-0.4, -0.2) is 25.2 Å². The van der Waals surface area contributed by atoms with E-state index in [1.54, 1.807) is 19.2 Å². The standard InChI is InChI=1S/C19H21NO4/c1-19(2)11-13-7-6-10-16(18(13)24-19)23-12-17(21)20-14-8-4-5-9-15(14)22-3/h4-10H,11-12H2,1-3H3,(H,20,21). The number of amides is 1. The Bertz CT molecular complexity index is 755. The molecule has 0 saturated heterocycles. The molecule has 0 fully saturated rings. The van der Waals surface area contributed by atoms with E-state index in [0.717, 1.165) is 17.7 Å². The molecule has 126 valence electrons. The molecule has 5 nitrogen and oxygen atoms in total. The Morgan fingerprint density at radius 3 is 2.71 bits per heavy atom. The number of para-hydroxylation sites is 3. The van der Waals surface area contributed by atoms with Crippen LogP contribution in [0.4, 0.5) is 5.69 Å². The molecule has 1 heterocycles. The van der Waals surface area contributed by atoms with Gasteiger partial charge in [-0.05, 0) is 32.0 Å². The van der Waals surface area contributed by atoms with Crippen LogP contribution in [0.2, 0.25) is 0 Å². The molecule has 0 aliphatic carbocycles. The summed E-state index contributed by atoms with van der Waals surface area (Å²) in [6.07, 6.45) is 0.826. The van der Waals surface area contributed by atoms with E-state index >= 15 is 0 Å². The van der Waals surface area contributed by atoms with E-state index in [9.17, 15) is 4.79 Å². The Hall–Kier alpha value is -2.69. The molecule has 1 N–H and O–H groups in total. The van der Waals surface area contributed by atoms with E-state index in [0.29, 0.717) is 17.2 Å². The Morgan fingerprint density at radius 1 is 1.17 bits per heavy atom. The third-order valence-electron chi connectivity index (χ3n) is 3.79. The molecular formula is C19H21NO4. The number of methoxy groups -OCH3 is 1. The van der Waals surface area contributed by atoms with Gasteiger partial charge in [0, 0.05) is 12.0 Å². The molecule has 5 heteroatoms. The van der Waals surface area contributed by atoms with Gasteiger partial charge in [0.15, 0.2) is 18.1 Å². The summed E-state index contributed by atoms with van der Waals surface area (Å²) in [4.78, 5) is 12.1. The number of ether oxygens (including phenoxy) is 3. The SMILES string of the molecule is COc1ccccc1NC(=O)COc1cccc2c1OC(C)(C)C2. The van der Waals surface area contributed by atoms with Crippen molar-refractivity contribution < 1.29 is 19.0 Å². The zero-order valence-electron chi connectivity index (χ0n) is 14.1. The largest absolute Gasteiger partial charge is 0.495 e. The summed E-state index contributed by atoms with van der Waals surface area (Å²) in [7, 11) is 1.56. The predicted molar refractivity (Wildman–Crippen MR) is 92.0 cm³/mol. The van der Waals surface area contributed by atoms with Crippen LogP contribution in [0.25, 0.3) is 0 Å². The van der Waals surface area contributed by atoms with Crippen molar-refractivity contribution in [2.75, 3.05) is 19.0 Å². The molecule has 0 aromatic heterocycles. The third-order valence-corrected chi connectivity index (χ3v) is 3.79. The van der Waals surface area contributed by atoms with Crippen LogP contribution in [0.3, 0.4) is 0 Å². The fourth-order valence-corrected chi connectivity index (χ4v) is 2.78. The summed E-state index contributed by atoms with van der Waals surface area (Å²) in [6, 6.07) is 13.0. The van der Waals surface area contributed by atoms with Gasteiger partial charge in [-0.1, -0.05) is 24.3 Å². The number of hydrogen-bond donors (Lipinski definition) is 1. The second-order valence-corrected chi connectivity index (χ2v) is 6.32. The number of carbonyl (C=O) groups excluding carboxylic acids is 1. The molecule has 0 spiro atoms. The maximum Gasteiger partial charge on any atom is 0.262 e. The molecule has 3 rings (SSSR count). The monoisotopic (exact) mass is 327 g/mol. The first kappa shape index (κ1) is 16.2. The van der Waals surface area contributed by atoms with Crippen LogP contribution in [0.1, 0.15) is 19.4 Å². The highest BCUT2D eigenvalue weighted by Gasteiger charge is 2.32. The van der Waals surface area contributed by atoms with E-state index < -0.39 is 0 Å². The molecule has 0 radical (unpaired) electrons. The number of fused-ring (bicyclic) bond motifs is 1. The number of carbonyl (C=O) groups is 1. The van der Waals surface area contributed by atoms with Crippen LogP contribution >= 0.6 is 0 Å². The molecular weight excluding hydrogens is 306 g/mol. The van der Waals surface area contributed by atoms with Crippen molar-refractivity contribution in [2.45, 2.75) is 25.9 Å². The predicted octanol–water partition coefficient (Wildman–Crippen LogP) is 3.43. The van der Waals surface area contributed by atoms with E-state index in [1.807, 2.05) is 44.2 Å². The minimum atomic E-state index is -0.255. The highest BCUT2D eigenvalue weighted by molar-refractivity contribution is 5.93. The lowest BCUT2D eigenvalue weighted by molar-refractivity contribution is -0.118. The molecule has 0 saturated carbocycles. The summed E-state index contributed by atoms with van der Waals surface area (Å²) in [6.45, 7) is 3.97. The van der Waals surface area contributed by atoms with Crippen molar-refractivity contribution in [3.8, 4) is 17.2 Å². The van der Waals surface area contributed by atoms with Crippen LogP contribution in [0.15, 0.2) is 42.5 Å². The maximum atomic E-state index is 12.1. The molecule has 24 heavy (non-hydrogen) atoms. The van der Waals surface area contributed by atoms with Crippen LogP contribution in [-0.2, 0) is 11.2 Å². The third kappa shape index (κ3) is 3.45. The number of hydrogen-bond acceptors (Lipinski definition) is 4. The van der Waals surface area contributed by atoms with Gasteiger partial charge in [0.2, 0.25) is 0 Å². The maximum absolute atomic E-state index is 12.1. The number of nitrogens with one attached hydrogen (secondary N) is 1. The Balaban J connectivity index is 1.65.